The van der Waals surface area contributed by atoms with Gasteiger partial charge in [-0.25, -0.2) is 0 Å². The van der Waals surface area contributed by atoms with Crippen molar-refractivity contribution in [3.63, 3.8) is 0 Å². The van der Waals surface area contributed by atoms with Gasteiger partial charge in [-0.3, -0.25) is 0 Å². The first-order chi connectivity index (χ1) is 10.2. The van der Waals surface area contributed by atoms with Crippen LogP contribution in [0.3, 0.4) is 0 Å². The fourth-order valence-electron chi connectivity index (χ4n) is 2.32. The Morgan fingerprint density at radius 3 is 2.62 bits per heavy atom. The number of ether oxygens (including phenoxy) is 1. The highest BCUT2D eigenvalue weighted by atomic mass is 16.5. The number of hydrogen-bond donors (Lipinski definition) is 1. The molecule has 0 radical (unpaired) electrons. The molecule has 0 saturated heterocycles. The first-order valence-corrected chi connectivity index (χ1v) is 7.76. The van der Waals surface area contributed by atoms with Crippen molar-refractivity contribution in [3.05, 3.63) is 54.1 Å². The third kappa shape index (κ3) is 4.61. The van der Waals surface area contributed by atoms with Gasteiger partial charge < -0.3 is 10.1 Å². The lowest BCUT2D eigenvalue weighted by Gasteiger charge is -2.15. The van der Waals surface area contributed by atoms with E-state index < -0.39 is 0 Å². The van der Waals surface area contributed by atoms with Crippen molar-refractivity contribution in [3.8, 4) is 16.9 Å². The predicted molar refractivity (Wildman–Crippen MR) is 89.6 cm³/mol. The van der Waals surface area contributed by atoms with E-state index >= 15 is 0 Å². The summed E-state index contributed by atoms with van der Waals surface area (Å²) >= 11 is 0. The van der Waals surface area contributed by atoms with E-state index in [0.717, 1.165) is 30.8 Å². The third-order valence-electron chi connectivity index (χ3n) is 3.24. The zero-order valence-electron chi connectivity index (χ0n) is 13.2. The Kier molecular flexibility index (Phi) is 5.82. The maximum atomic E-state index is 5.92. The van der Waals surface area contributed by atoms with Gasteiger partial charge in [0.2, 0.25) is 0 Å². The van der Waals surface area contributed by atoms with Gasteiger partial charge in [0.25, 0.3) is 0 Å². The highest BCUT2D eigenvalue weighted by Gasteiger charge is 2.07. The lowest BCUT2D eigenvalue weighted by Crippen LogP contribution is -2.13. The summed E-state index contributed by atoms with van der Waals surface area (Å²) in [4.78, 5) is 0. The van der Waals surface area contributed by atoms with Gasteiger partial charge in [0.1, 0.15) is 5.75 Å². The van der Waals surface area contributed by atoms with Gasteiger partial charge in [0, 0.05) is 12.1 Å². The van der Waals surface area contributed by atoms with E-state index in [2.05, 4.69) is 62.5 Å². The second kappa shape index (κ2) is 7.84. The van der Waals surface area contributed by atoms with Crippen molar-refractivity contribution in [2.75, 3.05) is 6.54 Å². The zero-order chi connectivity index (χ0) is 15.1. The molecule has 0 aromatic heterocycles. The Bertz CT molecular complexity index is 563. The van der Waals surface area contributed by atoms with E-state index in [-0.39, 0.29) is 6.10 Å². The molecule has 2 heteroatoms. The molecule has 2 aromatic carbocycles. The van der Waals surface area contributed by atoms with Crippen LogP contribution in [0.25, 0.3) is 11.1 Å². The van der Waals surface area contributed by atoms with Crippen molar-refractivity contribution in [2.45, 2.75) is 39.8 Å². The van der Waals surface area contributed by atoms with Crippen LogP contribution >= 0.6 is 0 Å². The van der Waals surface area contributed by atoms with Gasteiger partial charge >= 0.3 is 0 Å². The Morgan fingerprint density at radius 1 is 1.05 bits per heavy atom. The molecule has 0 unspecified atom stereocenters. The second-order valence-electron chi connectivity index (χ2n) is 5.54. The normalized spacial score (nSPS) is 10.9. The summed E-state index contributed by atoms with van der Waals surface area (Å²) in [6, 6.07) is 16.9. The van der Waals surface area contributed by atoms with E-state index in [1.807, 2.05) is 12.1 Å². The molecular formula is C19H25NO. The van der Waals surface area contributed by atoms with Gasteiger partial charge in [-0.05, 0) is 50.1 Å². The zero-order valence-corrected chi connectivity index (χ0v) is 13.2. The van der Waals surface area contributed by atoms with Crippen LogP contribution in [0, 0.1) is 0 Å². The molecule has 0 aliphatic heterocycles. The molecule has 0 aliphatic rings. The second-order valence-corrected chi connectivity index (χ2v) is 5.54. The monoisotopic (exact) mass is 283 g/mol. The molecule has 0 atom stereocenters. The van der Waals surface area contributed by atoms with Crippen molar-refractivity contribution >= 4 is 0 Å². The van der Waals surface area contributed by atoms with Gasteiger partial charge in [0.15, 0.2) is 0 Å². The molecule has 21 heavy (non-hydrogen) atoms. The van der Waals surface area contributed by atoms with Crippen LogP contribution in [0.1, 0.15) is 32.8 Å². The average molecular weight is 283 g/mol. The fraction of sp³-hybridized carbons (Fsp3) is 0.368. The van der Waals surface area contributed by atoms with Crippen molar-refractivity contribution in [2.24, 2.45) is 0 Å². The number of hydrogen-bond acceptors (Lipinski definition) is 2. The minimum Gasteiger partial charge on any atom is -0.490 e. The Balaban J connectivity index is 2.23. The maximum absolute atomic E-state index is 5.92. The van der Waals surface area contributed by atoms with Crippen LogP contribution < -0.4 is 10.1 Å². The lowest BCUT2D eigenvalue weighted by molar-refractivity contribution is 0.243. The van der Waals surface area contributed by atoms with E-state index in [0.29, 0.717) is 0 Å². The lowest BCUT2D eigenvalue weighted by atomic mass is 10.0. The molecule has 1 N–H and O–H groups in total. The minimum atomic E-state index is 0.181. The van der Waals surface area contributed by atoms with Crippen LogP contribution in [0.5, 0.6) is 5.75 Å². The molecule has 0 spiro atoms. The summed E-state index contributed by atoms with van der Waals surface area (Å²) in [5, 5.41) is 3.45. The average Bonchev–Trinajstić information content (AvgIpc) is 2.48. The van der Waals surface area contributed by atoms with Crippen molar-refractivity contribution in [1.82, 2.24) is 5.32 Å². The topological polar surface area (TPSA) is 21.3 Å². The fourth-order valence-corrected chi connectivity index (χ4v) is 2.32. The molecule has 2 nitrogen and oxygen atoms in total. The standard InChI is InChI=1S/C19H25NO/c1-4-12-20-14-16-8-7-9-17(13-16)18-10-5-6-11-19(18)21-15(2)3/h5-11,13,15,20H,4,12,14H2,1-3H3. The quantitative estimate of drug-likeness (QED) is 0.747. The van der Waals surface area contributed by atoms with Crippen LogP contribution in [0.2, 0.25) is 0 Å². The van der Waals surface area contributed by atoms with E-state index in [4.69, 9.17) is 4.74 Å². The largest absolute Gasteiger partial charge is 0.490 e. The van der Waals surface area contributed by atoms with Crippen LogP contribution in [0.4, 0.5) is 0 Å². The van der Waals surface area contributed by atoms with Crippen molar-refractivity contribution < 1.29 is 4.74 Å². The summed E-state index contributed by atoms with van der Waals surface area (Å²) in [6.07, 6.45) is 1.34. The first-order valence-electron chi connectivity index (χ1n) is 7.76. The Morgan fingerprint density at radius 2 is 1.86 bits per heavy atom. The molecule has 2 aromatic rings. The summed E-state index contributed by atoms with van der Waals surface area (Å²) in [5.41, 5.74) is 3.67. The molecule has 0 aliphatic carbocycles. The maximum Gasteiger partial charge on any atom is 0.127 e. The van der Waals surface area contributed by atoms with E-state index in [1.165, 1.54) is 11.1 Å². The first kappa shape index (κ1) is 15.6. The smallest absolute Gasteiger partial charge is 0.127 e. The summed E-state index contributed by atoms with van der Waals surface area (Å²) in [7, 11) is 0. The molecule has 112 valence electrons. The van der Waals surface area contributed by atoms with Crippen LogP contribution in [-0.4, -0.2) is 12.6 Å². The van der Waals surface area contributed by atoms with Crippen molar-refractivity contribution in [1.29, 1.82) is 0 Å². The van der Waals surface area contributed by atoms with E-state index in [9.17, 15) is 0 Å². The Labute approximate surface area is 128 Å². The summed E-state index contributed by atoms with van der Waals surface area (Å²) in [5.74, 6) is 0.950. The van der Waals surface area contributed by atoms with Crippen LogP contribution in [-0.2, 0) is 6.54 Å². The number of benzene rings is 2. The van der Waals surface area contributed by atoms with Gasteiger partial charge in [-0.1, -0.05) is 43.3 Å². The summed E-state index contributed by atoms with van der Waals surface area (Å²) < 4.78 is 5.92. The molecule has 0 amide bonds. The highest BCUT2D eigenvalue weighted by Crippen LogP contribution is 2.30. The van der Waals surface area contributed by atoms with E-state index in [1.54, 1.807) is 0 Å². The molecule has 0 saturated carbocycles. The van der Waals surface area contributed by atoms with Gasteiger partial charge in [-0.2, -0.15) is 0 Å². The van der Waals surface area contributed by atoms with Gasteiger partial charge in [-0.15, -0.1) is 0 Å². The van der Waals surface area contributed by atoms with Gasteiger partial charge in [0.05, 0.1) is 6.10 Å². The highest BCUT2D eigenvalue weighted by molar-refractivity contribution is 5.70. The Hall–Kier alpha value is -1.80. The number of para-hydroxylation sites is 1. The molecule has 0 heterocycles. The molecule has 2 rings (SSSR count). The van der Waals surface area contributed by atoms with Crippen LogP contribution in [0.15, 0.2) is 48.5 Å². The molecule has 0 fully saturated rings. The molecule has 0 bridgehead atoms. The third-order valence-corrected chi connectivity index (χ3v) is 3.24. The predicted octanol–water partition coefficient (Wildman–Crippen LogP) is 4.64. The summed E-state index contributed by atoms with van der Waals surface area (Å²) in [6.45, 7) is 8.26. The number of rotatable bonds is 7. The number of nitrogens with one attached hydrogen (secondary N) is 1. The molecular weight excluding hydrogens is 258 g/mol. The SMILES string of the molecule is CCCNCc1cccc(-c2ccccc2OC(C)C)c1. The minimum absolute atomic E-state index is 0.181.